The Kier molecular flexibility index (Phi) is 5.90. The predicted molar refractivity (Wildman–Crippen MR) is 97.6 cm³/mol. The summed E-state index contributed by atoms with van der Waals surface area (Å²) < 4.78 is 5.65. The first-order valence-corrected chi connectivity index (χ1v) is 8.61. The lowest BCUT2D eigenvalue weighted by Crippen LogP contribution is -2.50. The number of hydrogen-bond acceptors (Lipinski definition) is 6. The highest BCUT2D eigenvalue weighted by Gasteiger charge is 2.47. The minimum absolute atomic E-state index is 0.0926. The smallest absolute Gasteiger partial charge is 0.344 e. The van der Waals surface area contributed by atoms with Crippen molar-refractivity contribution in [3.05, 3.63) is 23.8 Å². The Labute approximate surface area is 157 Å². The van der Waals surface area contributed by atoms with E-state index in [-0.39, 0.29) is 12.6 Å². The van der Waals surface area contributed by atoms with Crippen molar-refractivity contribution in [1.29, 1.82) is 5.26 Å². The van der Waals surface area contributed by atoms with Crippen molar-refractivity contribution in [2.24, 2.45) is 0 Å². The first-order valence-electron chi connectivity index (χ1n) is 8.61. The number of hydrogen-bond donors (Lipinski definition) is 3. The lowest BCUT2D eigenvalue weighted by molar-refractivity contribution is -0.138. The molecule has 1 unspecified atom stereocenters. The maximum Gasteiger partial charge on any atom is 0.344 e. The quantitative estimate of drug-likeness (QED) is 0.623. The third kappa shape index (κ3) is 4.47. The van der Waals surface area contributed by atoms with Gasteiger partial charge in [-0.05, 0) is 45.4 Å². The average Bonchev–Trinajstić information content (AvgIpc) is 2.84. The number of nitrogens with zero attached hydrogens (tertiary/aromatic N) is 2. The summed E-state index contributed by atoms with van der Waals surface area (Å²) in [6.45, 7) is 6.86. The number of urea groups is 1. The third-order valence-corrected chi connectivity index (χ3v) is 4.12. The summed E-state index contributed by atoms with van der Waals surface area (Å²) in [7, 11) is 0. The molecule has 1 fully saturated rings. The number of hydrazine groups is 1. The number of ether oxygens (including phenoxy) is 1. The number of anilines is 1. The Balaban J connectivity index is 2.05. The van der Waals surface area contributed by atoms with Gasteiger partial charge in [0, 0.05) is 0 Å². The molecule has 27 heavy (non-hydrogen) atoms. The molecule has 1 atom stereocenters. The molecule has 0 aliphatic carbocycles. The Morgan fingerprint density at radius 3 is 2.67 bits per heavy atom. The van der Waals surface area contributed by atoms with Gasteiger partial charge in [0.2, 0.25) is 0 Å². The average molecular weight is 373 g/mol. The number of rotatable bonds is 7. The molecule has 1 aromatic rings. The number of carbonyl (C=O) groups is 3. The van der Waals surface area contributed by atoms with Crippen molar-refractivity contribution in [2.75, 3.05) is 11.9 Å². The van der Waals surface area contributed by atoms with Gasteiger partial charge < -0.3 is 15.4 Å². The van der Waals surface area contributed by atoms with Crippen molar-refractivity contribution in [2.45, 2.75) is 45.8 Å². The van der Waals surface area contributed by atoms with Crippen LogP contribution in [0.2, 0.25) is 0 Å². The number of amides is 4. The summed E-state index contributed by atoms with van der Waals surface area (Å²) in [5.74, 6) is -0.610. The molecule has 1 aliphatic rings. The molecule has 9 heteroatoms. The van der Waals surface area contributed by atoms with E-state index in [0.717, 1.165) is 0 Å². The molecule has 1 heterocycles. The fraction of sp³-hybridized carbons (Fsp3) is 0.444. The second-order valence-corrected chi connectivity index (χ2v) is 6.63. The molecule has 0 radical (unpaired) electrons. The zero-order valence-electron chi connectivity index (χ0n) is 15.8. The van der Waals surface area contributed by atoms with Gasteiger partial charge in [-0.25, -0.2) is 4.79 Å². The molecule has 1 aromatic carbocycles. The molecule has 0 saturated carbocycles. The molecule has 4 amide bonds. The Hall–Kier alpha value is -3.28. The molecule has 0 aromatic heterocycles. The third-order valence-electron chi connectivity index (χ3n) is 4.12. The molecule has 144 valence electrons. The second-order valence-electron chi connectivity index (χ2n) is 6.63. The first-order chi connectivity index (χ1) is 12.7. The van der Waals surface area contributed by atoms with Crippen molar-refractivity contribution in [1.82, 2.24) is 15.8 Å². The van der Waals surface area contributed by atoms with E-state index in [0.29, 0.717) is 28.4 Å². The van der Waals surface area contributed by atoms with Crippen molar-refractivity contribution in [3.63, 3.8) is 0 Å². The summed E-state index contributed by atoms with van der Waals surface area (Å²) in [4.78, 5) is 36.4. The van der Waals surface area contributed by atoms with Crippen molar-refractivity contribution >= 4 is 23.5 Å². The summed E-state index contributed by atoms with van der Waals surface area (Å²) in [5, 5.41) is 15.2. The SMILES string of the molecule is CCC1(C)NC(=O)N(NC(=O)CNc2cc(C#N)ccc2OC(C)C)C1=O. The summed E-state index contributed by atoms with van der Waals surface area (Å²) in [6.07, 6.45) is 0.309. The molecule has 1 saturated heterocycles. The molecule has 9 nitrogen and oxygen atoms in total. The van der Waals surface area contributed by atoms with Crippen LogP contribution in [0.4, 0.5) is 10.5 Å². The van der Waals surface area contributed by atoms with E-state index < -0.39 is 23.4 Å². The van der Waals surface area contributed by atoms with Crippen molar-refractivity contribution in [3.8, 4) is 11.8 Å². The maximum atomic E-state index is 12.3. The van der Waals surface area contributed by atoms with E-state index in [1.54, 1.807) is 32.0 Å². The molecular formula is C18H23N5O4. The van der Waals surface area contributed by atoms with Crippen LogP contribution in [-0.2, 0) is 9.59 Å². The van der Waals surface area contributed by atoms with Crippen molar-refractivity contribution < 1.29 is 19.1 Å². The van der Waals surface area contributed by atoms with Gasteiger partial charge in [-0.15, -0.1) is 0 Å². The monoisotopic (exact) mass is 373 g/mol. The largest absolute Gasteiger partial charge is 0.489 e. The molecule has 2 rings (SSSR count). The maximum absolute atomic E-state index is 12.3. The predicted octanol–water partition coefficient (Wildman–Crippen LogP) is 1.51. The molecular weight excluding hydrogens is 350 g/mol. The standard InChI is InChI=1S/C18H23N5O4/c1-5-18(4)16(25)23(17(26)21-18)22-15(24)10-20-13-8-12(9-19)6-7-14(13)27-11(2)3/h6-8,11,20H,5,10H2,1-4H3,(H,21,26)(H,22,24). The van der Waals surface area contributed by atoms with E-state index >= 15 is 0 Å². The van der Waals surface area contributed by atoms with Crippen LogP contribution in [0.15, 0.2) is 18.2 Å². The van der Waals surface area contributed by atoms with E-state index in [1.807, 2.05) is 19.9 Å². The van der Waals surface area contributed by atoms with Crippen LogP contribution in [0.25, 0.3) is 0 Å². The topological polar surface area (TPSA) is 124 Å². The highest BCUT2D eigenvalue weighted by Crippen LogP contribution is 2.26. The minimum atomic E-state index is -1.03. The first kappa shape index (κ1) is 20.0. The number of nitrogens with one attached hydrogen (secondary N) is 3. The summed E-state index contributed by atoms with van der Waals surface area (Å²) in [5.41, 5.74) is 2.13. The molecule has 0 spiro atoms. The van der Waals surface area contributed by atoms with Crippen LogP contribution in [0, 0.1) is 11.3 Å². The van der Waals surface area contributed by atoms with Gasteiger partial charge in [-0.3, -0.25) is 15.0 Å². The fourth-order valence-corrected chi connectivity index (χ4v) is 2.46. The van der Waals surface area contributed by atoms with Gasteiger partial charge in [0.1, 0.15) is 11.3 Å². The summed E-state index contributed by atoms with van der Waals surface area (Å²) >= 11 is 0. The van der Waals surface area contributed by atoms with E-state index in [1.165, 1.54) is 0 Å². The zero-order valence-corrected chi connectivity index (χ0v) is 15.8. The Bertz CT molecular complexity index is 801. The second kappa shape index (κ2) is 7.95. The van der Waals surface area contributed by atoms with Crippen LogP contribution in [0.5, 0.6) is 5.75 Å². The summed E-state index contributed by atoms with van der Waals surface area (Å²) in [6, 6.07) is 6.16. The Morgan fingerprint density at radius 2 is 2.11 bits per heavy atom. The number of imide groups is 1. The lowest BCUT2D eigenvalue weighted by Gasteiger charge is -2.20. The normalized spacial score (nSPS) is 18.9. The van der Waals surface area contributed by atoms with E-state index in [9.17, 15) is 14.4 Å². The van der Waals surface area contributed by atoms with E-state index in [4.69, 9.17) is 10.00 Å². The Morgan fingerprint density at radius 1 is 1.41 bits per heavy atom. The van der Waals surface area contributed by atoms with Gasteiger partial charge >= 0.3 is 6.03 Å². The number of nitriles is 1. The highest BCUT2D eigenvalue weighted by molar-refractivity contribution is 6.07. The number of benzene rings is 1. The van der Waals surface area contributed by atoms with E-state index in [2.05, 4.69) is 16.1 Å². The van der Waals surface area contributed by atoms with Gasteiger partial charge in [-0.2, -0.15) is 10.3 Å². The lowest BCUT2D eigenvalue weighted by atomic mass is 10.00. The zero-order chi connectivity index (χ0) is 20.2. The van der Waals surface area contributed by atoms with Gasteiger partial charge in [0.25, 0.3) is 11.8 Å². The molecule has 3 N–H and O–H groups in total. The van der Waals surface area contributed by atoms with Gasteiger partial charge in [-0.1, -0.05) is 6.92 Å². The van der Waals surface area contributed by atoms with Crippen LogP contribution < -0.4 is 20.8 Å². The molecule has 1 aliphatic heterocycles. The minimum Gasteiger partial charge on any atom is -0.489 e. The van der Waals surface area contributed by atoms with Crippen LogP contribution >= 0.6 is 0 Å². The highest BCUT2D eigenvalue weighted by atomic mass is 16.5. The molecule has 0 bridgehead atoms. The van der Waals surface area contributed by atoms with Gasteiger partial charge in [0.05, 0.1) is 30.0 Å². The van der Waals surface area contributed by atoms with Crippen LogP contribution in [-0.4, -0.2) is 41.0 Å². The van der Waals surface area contributed by atoms with Gasteiger partial charge in [0.15, 0.2) is 0 Å². The number of carbonyl (C=O) groups excluding carboxylic acids is 3. The fourth-order valence-electron chi connectivity index (χ4n) is 2.46. The van der Waals surface area contributed by atoms with Crippen LogP contribution in [0.1, 0.15) is 39.7 Å². The van der Waals surface area contributed by atoms with Crippen LogP contribution in [0.3, 0.4) is 0 Å².